The quantitative estimate of drug-likeness (QED) is 0.731. The van der Waals surface area contributed by atoms with Gasteiger partial charge in [0.25, 0.3) is 0 Å². The van der Waals surface area contributed by atoms with Crippen LogP contribution in [-0.2, 0) is 21.1 Å². The average Bonchev–Trinajstić information content (AvgIpc) is 2.80. The van der Waals surface area contributed by atoms with Crippen LogP contribution in [0.2, 0.25) is 5.02 Å². The number of carbonyl (C=O) groups excluding carboxylic acids is 1. The van der Waals surface area contributed by atoms with Crippen molar-refractivity contribution in [3.63, 3.8) is 0 Å². The minimum absolute atomic E-state index is 0.0222. The van der Waals surface area contributed by atoms with Gasteiger partial charge in [-0.1, -0.05) is 23.7 Å². The van der Waals surface area contributed by atoms with Crippen LogP contribution in [0.15, 0.2) is 24.3 Å². The van der Waals surface area contributed by atoms with E-state index in [0.717, 1.165) is 18.4 Å². The molecule has 5 nitrogen and oxygen atoms in total. The van der Waals surface area contributed by atoms with Crippen molar-refractivity contribution in [2.24, 2.45) is 0 Å². The Balaban J connectivity index is 1.90. The number of aryl methyl sites for hydroxylation is 1. The van der Waals surface area contributed by atoms with E-state index in [1.54, 1.807) is 24.1 Å². The minimum Gasteiger partial charge on any atom is -0.273 e. The van der Waals surface area contributed by atoms with E-state index in [1.165, 1.54) is 0 Å². The molecular formula is C16H23ClN2O3S. The first-order chi connectivity index (χ1) is 10.8. The Bertz CT molecular complexity index is 644. The molecule has 1 heterocycles. The lowest BCUT2D eigenvalue weighted by atomic mass is 10.1. The van der Waals surface area contributed by atoms with Crippen molar-refractivity contribution >= 4 is 27.3 Å². The first-order valence-corrected chi connectivity index (χ1v) is 9.92. The molecule has 2 rings (SSSR count). The summed E-state index contributed by atoms with van der Waals surface area (Å²) in [6, 6.07) is 7.36. The Hall–Kier alpha value is -1.11. The second-order valence-corrected chi connectivity index (χ2v) is 8.79. The summed E-state index contributed by atoms with van der Waals surface area (Å²) in [5, 5.41) is 4.01. The van der Waals surface area contributed by atoms with Gasteiger partial charge in [0.2, 0.25) is 5.91 Å². The second-order valence-electron chi connectivity index (χ2n) is 6.12. The van der Waals surface area contributed by atoms with Crippen LogP contribution in [0.3, 0.4) is 0 Å². The molecule has 128 valence electrons. The maximum absolute atomic E-state index is 12.5. The van der Waals surface area contributed by atoms with Crippen molar-refractivity contribution in [1.82, 2.24) is 10.0 Å². The molecule has 0 aromatic heterocycles. The summed E-state index contributed by atoms with van der Waals surface area (Å²) < 4.78 is 23.3. The van der Waals surface area contributed by atoms with E-state index in [4.69, 9.17) is 11.6 Å². The maximum Gasteiger partial charge on any atom is 0.237 e. The normalized spacial score (nSPS) is 19.9. The number of benzene rings is 1. The van der Waals surface area contributed by atoms with E-state index >= 15 is 0 Å². The topological polar surface area (TPSA) is 57.7 Å². The number of nitrogens with zero attached hydrogens (tertiary/aromatic N) is 2. The summed E-state index contributed by atoms with van der Waals surface area (Å²) in [7, 11) is 0.551. The van der Waals surface area contributed by atoms with Crippen LogP contribution in [0, 0.1) is 0 Å². The third kappa shape index (κ3) is 5.19. The fourth-order valence-electron chi connectivity index (χ4n) is 2.93. The predicted octanol–water partition coefficient (Wildman–Crippen LogP) is 2.16. The van der Waals surface area contributed by atoms with E-state index < -0.39 is 9.84 Å². The third-order valence-corrected chi connectivity index (χ3v) is 6.01. The molecule has 0 N–H and O–H groups in total. The van der Waals surface area contributed by atoms with Gasteiger partial charge in [-0.3, -0.25) is 9.80 Å². The first kappa shape index (κ1) is 18.2. The number of hydrazine groups is 1. The summed E-state index contributed by atoms with van der Waals surface area (Å²) >= 11 is 5.85. The van der Waals surface area contributed by atoms with Crippen molar-refractivity contribution in [3.8, 4) is 0 Å². The Labute approximate surface area is 143 Å². The lowest BCUT2D eigenvalue weighted by Crippen LogP contribution is -2.49. The van der Waals surface area contributed by atoms with Crippen LogP contribution >= 0.6 is 11.6 Å². The lowest BCUT2D eigenvalue weighted by molar-refractivity contribution is -0.149. The largest absolute Gasteiger partial charge is 0.273 e. The number of rotatable bonds is 6. The number of sulfone groups is 1. The highest BCUT2D eigenvalue weighted by molar-refractivity contribution is 7.91. The summed E-state index contributed by atoms with van der Waals surface area (Å²) in [4.78, 5) is 12.5. The van der Waals surface area contributed by atoms with E-state index in [-0.39, 0.29) is 23.5 Å². The first-order valence-electron chi connectivity index (χ1n) is 7.72. The predicted molar refractivity (Wildman–Crippen MR) is 92.0 cm³/mol. The van der Waals surface area contributed by atoms with Crippen LogP contribution < -0.4 is 0 Å². The zero-order chi connectivity index (χ0) is 17.0. The number of amides is 1. The van der Waals surface area contributed by atoms with Gasteiger partial charge in [-0.2, -0.15) is 0 Å². The molecule has 0 bridgehead atoms. The zero-order valence-corrected chi connectivity index (χ0v) is 15.1. The molecule has 1 aromatic carbocycles. The van der Waals surface area contributed by atoms with Gasteiger partial charge < -0.3 is 0 Å². The molecule has 0 radical (unpaired) electrons. The van der Waals surface area contributed by atoms with Gasteiger partial charge in [0.15, 0.2) is 9.84 Å². The van der Waals surface area contributed by atoms with Crippen LogP contribution in [0.25, 0.3) is 0 Å². The van der Waals surface area contributed by atoms with Gasteiger partial charge in [0.1, 0.15) is 0 Å². The van der Waals surface area contributed by atoms with Crippen molar-refractivity contribution in [2.75, 3.05) is 25.6 Å². The van der Waals surface area contributed by atoms with Crippen LogP contribution in [0.1, 0.15) is 24.8 Å². The monoisotopic (exact) mass is 358 g/mol. The number of carbonyl (C=O) groups is 1. The zero-order valence-electron chi connectivity index (χ0n) is 13.5. The highest BCUT2D eigenvalue weighted by Crippen LogP contribution is 2.20. The smallest absolute Gasteiger partial charge is 0.237 e. The average molecular weight is 359 g/mol. The summed E-state index contributed by atoms with van der Waals surface area (Å²) in [5.74, 6) is 0.208. The summed E-state index contributed by atoms with van der Waals surface area (Å²) in [6.45, 7) is 0. The van der Waals surface area contributed by atoms with E-state index in [9.17, 15) is 13.2 Å². The van der Waals surface area contributed by atoms with Gasteiger partial charge in [-0.25, -0.2) is 13.4 Å². The molecule has 1 aliphatic heterocycles. The Kier molecular flexibility index (Phi) is 6.06. The summed E-state index contributed by atoms with van der Waals surface area (Å²) in [6.07, 6.45) is 2.44. The molecule has 1 aliphatic rings. The molecule has 0 saturated carbocycles. The molecule has 23 heavy (non-hydrogen) atoms. The molecule has 1 saturated heterocycles. The van der Waals surface area contributed by atoms with Gasteiger partial charge in [-0.05, 0) is 37.0 Å². The molecular weight excluding hydrogens is 336 g/mol. The van der Waals surface area contributed by atoms with Gasteiger partial charge in [0.05, 0.1) is 17.5 Å². The highest BCUT2D eigenvalue weighted by Gasteiger charge is 2.35. The van der Waals surface area contributed by atoms with Gasteiger partial charge >= 0.3 is 0 Å². The van der Waals surface area contributed by atoms with Gasteiger partial charge in [-0.15, -0.1) is 0 Å². The van der Waals surface area contributed by atoms with Crippen molar-refractivity contribution < 1.29 is 13.2 Å². The van der Waals surface area contributed by atoms with E-state index in [0.29, 0.717) is 17.9 Å². The molecule has 1 amide bonds. The molecule has 1 aromatic rings. The highest BCUT2D eigenvalue weighted by atomic mass is 35.5. The van der Waals surface area contributed by atoms with E-state index in [2.05, 4.69) is 0 Å². The minimum atomic E-state index is -3.01. The molecule has 1 fully saturated rings. The molecule has 1 atom stereocenters. The Morgan fingerprint density at radius 2 is 1.91 bits per heavy atom. The van der Waals surface area contributed by atoms with Crippen molar-refractivity contribution in [2.45, 2.75) is 31.7 Å². The molecule has 1 unspecified atom stereocenters. The standard InChI is InChI=1S/C16H23ClN2O3S/c1-18(2)19(15-10-11-23(21,22)12-15)16(20)5-3-4-13-6-8-14(17)9-7-13/h6-9,15H,3-5,10-12H2,1-2H3. The fraction of sp³-hybridized carbons (Fsp3) is 0.562. The SMILES string of the molecule is CN(C)N(C(=O)CCCc1ccc(Cl)cc1)C1CCS(=O)(=O)C1. The number of halogens is 1. The summed E-state index contributed by atoms with van der Waals surface area (Å²) in [5.41, 5.74) is 1.14. The third-order valence-electron chi connectivity index (χ3n) is 4.01. The number of hydrogen-bond donors (Lipinski definition) is 0. The van der Waals surface area contributed by atoms with Crippen LogP contribution in [0.4, 0.5) is 0 Å². The molecule has 0 spiro atoms. The van der Waals surface area contributed by atoms with Gasteiger partial charge in [0, 0.05) is 25.5 Å². The fourth-order valence-corrected chi connectivity index (χ4v) is 4.75. The van der Waals surface area contributed by atoms with E-state index in [1.807, 2.05) is 24.3 Å². The molecule has 7 heteroatoms. The Morgan fingerprint density at radius 3 is 2.43 bits per heavy atom. The van der Waals surface area contributed by atoms with Crippen molar-refractivity contribution in [1.29, 1.82) is 0 Å². The second kappa shape index (κ2) is 7.64. The lowest BCUT2D eigenvalue weighted by Gasteiger charge is -2.33. The maximum atomic E-state index is 12.5. The molecule has 0 aliphatic carbocycles. The van der Waals surface area contributed by atoms with Crippen LogP contribution in [-0.4, -0.2) is 56.0 Å². The van der Waals surface area contributed by atoms with Crippen LogP contribution in [0.5, 0.6) is 0 Å². The van der Waals surface area contributed by atoms with Crippen molar-refractivity contribution in [3.05, 3.63) is 34.9 Å². The number of hydrogen-bond acceptors (Lipinski definition) is 4. The Morgan fingerprint density at radius 1 is 1.26 bits per heavy atom.